The van der Waals surface area contributed by atoms with Crippen molar-refractivity contribution in [3.8, 4) is 0 Å². The van der Waals surface area contributed by atoms with Crippen LogP contribution < -0.4 is 21.7 Å². The van der Waals surface area contributed by atoms with Crippen LogP contribution in [0.5, 0.6) is 0 Å². The molecule has 258 valence electrons. The number of piperazine rings is 1. The van der Waals surface area contributed by atoms with E-state index in [4.69, 9.17) is 10.5 Å². The lowest BCUT2D eigenvalue weighted by molar-refractivity contribution is -0.129. The molecule has 45 heavy (non-hydrogen) atoms. The van der Waals surface area contributed by atoms with E-state index >= 15 is 0 Å². The minimum absolute atomic E-state index is 0.0115. The maximum absolute atomic E-state index is 14.9. The summed E-state index contributed by atoms with van der Waals surface area (Å²) in [4.78, 5) is 24.3. The number of carbonyl (C=O) groups excluding carboxylic acids is 1. The van der Waals surface area contributed by atoms with Gasteiger partial charge in [-0.25, -0.2) is 4.39 Å². The Kier molecular flexibility index (Phi) is 12.7. The predicted molar refractivity (Wildman–Crippen MR) is 180 cm³/mol. The first-order valence-electron chi connectivity index (χ1n) is 18.4. The topological polar surface area (TPSA) is 107 Å². The van der Waals surface area contributed by atoms with Crippen molar-refractivity contribution in [2.45, 2.75) is 134 Å². The van der Waals surface area contributed by atoms with Crippen molar-refractivity contribution < 1.29 is 13.9 Å². The van der Waals surface area contributed by atoms with Crippen LogP contribution in [-0.2, 0) is 9.53 Å². The summed E-state index contributed by atoms with van der Waals surface area (Å²) >= 11 is 0. The van der Waals surface area contributed by atoms with Crippen LogP contribution in [0.4, 0.5) is 4.39 Å². The molecule has 3 saturated heterocycles. The van der Waals surface area contributed by atoms with Gasteiger partial charge in [0.1, 0.15) is 6.17 Å². The van der Waals surface area contributed by atoms with E-state index in [-0.39, 0.29) is 29.4 Å². The molecule has 5 N–H and O–H groups in total. The van der Waals surface area contributed by atoms with Crippen LogP contribution in [0.1, 0.15) is 91.9 Å². The number of piperidine rings is 1. The first-order valence-corrected chi connectivity index (χ1v) is 18.4. The van der Waals surface area contributed by atoms with Gasteiger partial charge in [0, 0.05) is 57.1 Å². The number of morpholine rings is 1. The summed E-state index contributed by atoms with van der Waals surface area (Å²) in [5, 5.41) is 10.9. The van der Waals surface area contributed by atoms with Crippen molar-refractivity contribution in [2.75, 3.05) is 52.5 Å². The van der Waals surface area contributed by atoms with Crippen molar-refractivity contribution >= 4 is 12.1 Å². The smallest absolute Gasteiger partial charge is 0.228 e. The molecule has 5 rings (SSSR count). The maximum Gasteiger partial charge on any atom is 0.228 e. The first kappa shape index (κ1) is 35.1. The van der Waals surface area contributed by atoms with Crippen molar-refractivity contribution in [3.05, 3.63) is 0 Å². The third-order valence-corrected chi connectivity index (χ3v) is 12.0. The van der Waals surface area contributed by atoms with Gasteiger partial charge in [0.05, 0.1) is 37.4 Å². The van der Waals surface area contributed by atoms with Crippen LogP contribution >= 0.6 is 0 Å². The largest absolute Gasteiger partial charge is 0.378 e. The molecular weight excluding hydrogens is 569 g/mol. The Morgan fingerprint density at radius 1 is 1.09 bits per heavy atom. The molecule has 0 spiro atoms. The van der Waals surface area contributed by atoms with Gasteiger partial charge >= 0.3 is 0 Å². The molecule has 0 radical (unpaired) electrons. The molecule has 1 saturated carbocycles. The SMILES string of the molecule is CCCC(C)(C)C1CCC(F)C=NC(C)C(C(=O)NC2CNCC(C3CCCCCC3)C2N2CCN3CCOC[C@@H]3C2)C(N)N1. The molecule has 9 atom stereocenters. The molecule has 4 fully saturated rings. The Morgan fingerprint density at radius 3 is 2.60 bits per heavy atom. The Bertz CT molecular complexity index is 960. The van der Waals surface area contributed by atoms with Crippen LogP contribution in [0.15, 0.2) is 4.99 Å². The van der Waals surface area contributed by atoms with Gasteiger partial charge in [0.2, 0.25) is 5.91 Å². The van der Waals surface area contributed by atoms with Gasteiger partial charge in [-0.1, -0.05) is 65.7 Å². The van der Waals surface area contributed by atoms with Crippen LogP contribution in [0.3, 0.4) is 0 Å². The minimum atomic E-state index is -1.12. The van der Waals surface area contributed by atoms with Crippen molar-refractivity contribution in [1.82, 2.24) is 25.8 Å². The van der Waals surface area contributed by atoms with Crippen molar-refractivity contribution in [3.63, 3.8) is 0 Å². The lowest BCUT2D eigenvalue weighted by atomic mass is 9.75. The molecule has 10 heteroatoms. The fourth-order valence-electron chi connectivity index (χ4n) is 9.37. The number of nitrogens with two attached hydrogens (primary N) is 1. The summed E-state index contributed by atoms with van der Waals surface area (Å²) in [7, 11) is 0. The Morgan fingerprint density at radius 2 is 1.84 bits per heavy atom. The lowest BCUT2D eigenvalue weighted by Crippen LogP contribution is -2.70. The Hall–Kier alpha value is -1.17. The average Bonchev–Trinajstić information content (AvgIpc) is 3.31. The van der Waals surface area contributed by atoms with Gasteiger partial charge in [-0.3, -0.25) is 24.9 Å². The van der Waals surface area contributed by atoms with E-state index in [1.54, 1.807) is 0 Å². The molecule has 1 amide bonds. The standard InChI is InChI=1S/C35H64FN7O2/c1-5-14-35(3,4)30-13-12-26(36)19-39-24(2)31(33(37)41-30)34(44)40-29-21-38-20-28(25-10-8-6-7-9-11-25)32(29)43-16-15-42-17-18-45-23-27(42)22-43/h19,24-33,38,41H,5-18,20-23,37H2,1-4H3,(H,40,44)/t24?,26?,27-,28?,29?,30?,31?,32?,33?/m0/s1. The summed E-state index contributed by atoms with van der Waals surface area (Å²) < 4.78 is 20.9. The number of aliphatic imine (C=N–C) groups is 1. The van der Waals surface area contributed by atoms with E-state index in [0.717, 1.165) is 65.3 Å². The van der Waals surface area contributed by atoms with Gasteiger partial charge in [-0.15, -0.1) is 0 Å². The number of alkyl halides is 1. The molecule has 1 aliphatic carbocycles. The average molecular weight is 634 g/mol. The predicted octanol–water partition coefficient (Wildman–Crippen LogP) is 3.32. The zero-order valence-electron chi connectivity index (χ0n) is 28.7. The number of nitrogens with zero attached hydrogens (tertiary/aromatic N) is 3. The summed E-state index contributed by atoms with van der Waals surface area (Å²) in [5.41, 5.74) is 6.84. The molecule has 0 aromatic carbocycles. The van der Waals surface area contributed by atoms with E-state index in [2.05, 4.69) is 51.5 Å². The van der Waals surface area contributed by atoms with Gasteiger partial charge in [-0.2, -0.15) is 0 Å². The zero-order chi connectivity index (χ0) is 32.0. The van der Waals surface area contributed by atoms with Crippen LogP contribution in [-0.4, -0.2) is 117 Å². The van der Waals surface area contributed by atoms with E-state index in [1.165, 1.54) is 44.7 Å². The number of hydrogen-bond acceptors (Lipinski definition) is 8. The highest BCUT2D eigenvalue weighted by Gasteiger charge is 2.46. The molecule has 4 heterocycles. The maximum atomic E-state index is 14.9. The number of halogens is 1. The molecule has 0 bridgehead atoms. The Labute approximate surface area is 272 Å². The number of ether oxygens (including phenoxy) is 1. The first-order chi connectivity index (χ1) is 21.7. The molecule has 8 unspecified atom stereocenters. The third kappa shape index (κ3) is 8.85. The Balaban J connectivity index is 1.38. The zero-order valence-corrected chi connectivity index (χ0v) is 28.7. The van der Waals surface area contributed by atoms with Crippen LogP contribution in [0.25, 0.3) is 0 Å². The van der Waals surface area contributed by atoms with Crippen LogP contribution in [0, 0.1) is 23.2 Å². The molecule has 0 aromatic rings. The fourth-order valence-corrected chi connectivity index (χ4v) is 9.37. The van der Waals surface area contributed by atoms with E-state index in [1.807, 2.05) is 6.92 Å². The van der Waals surface area contributed by atoms with Crippen LogP contribution in [0.2, 0.25) is 0 Å². The molecule has 5 aliphatic rings. The van der Waals surface area contributed by atoms with Crippen molar-refractivity contribution in [2.24, 2.45) is 33.9 Å². The number of carbonyl (C=O) groups is 1. The number of hydrogen-bond donors (Lipinski definition) is 4. The molecule has 9 nitrogen and oxygen atoms in total. The number of amides is 1. The van der Waals surface area contributed by atoms with E-state index in [9.17, 15) is 9.18 Å². The van der Waals surface area contributed by atoms with E-state index in [0.29, 0.717) is 30.7 Å². The van der Waals surface area contributed by atoms with E-state index < -0.39 is 24.3 Å². The second kappa shape index (κ2) is 16.3. The monoisotopic (exact) mass is 634 g/mol. The summed E-state index contributed by atoms with van der Waals surface area (Å²) in [6.07, 6.45) is 10.7. The second-order valence-electron chi connectivity index (χ2n) is 15.6. The molecule has 0 aromatic heterocycles. The highest BCUT2D eigenvalue weighted by molar-refractivity contribution is 5.81. The van der Waals surface area contributed by atoms with Crippen molar-refractivity contribution in [1.29, 1.82) is 0 Å². The minimum Gasteiger partial charge on any atom is -0.378 e. The van der Waals surface area contributed by atoms with Gasteiger partial charge < -0.3 is 21.1 Å². The van der Waals surface area contributed by atoms with Gasteiger partial charge in [-0.05, 0) is 50.0 Å². The number of nitrogens with one attached hydrogen (secondary N) is 3. The molecular formula is C35H64FN7O2. The third-order valence-electron chi connectivity index (χ3n) is 12.0. The lowest BCUT2D eigenvalue weighted by Gasteiger charge is -2.53. The van der Waals surface area contributed by atoms with Gasteiger partial charge in [0.15, 0.2) is 0 Å². The van der Waals surface area contributed by atoms with Gasteiger partial charge in [0.25, 0.3) is 0 Å². The summed E-state index contributed by atoms with van der Waals surface area (Å²) in [5.74, 6) is 0.472. The highest BCUT2D eigenvalue weighted by Crippen LogP contribution is 2.36. The summed E-state index contributed by atoms with van der Waals surface area (Å²) in [6.45, 7) is 16.0. The molecule has 4 aliphatic heterocycles. The highest BCUT2D eigenvalue weighted by atomic mass is 19.1. The number of rotatable bonds is 7. The number of fused-ring (bicyclic) bond motifs is 1. The second-order valence-corrected chi connectivity index (χ2v) is 15.6. The quantitative estimate of drug-likeness (QED) is 0.319. The normalized spacial score (nSPS) is 38.7. The summed E-state index contributed by atoms with van der Waals surface area (Å²) in [6, 6.07) is 0.217. The fraction of sp³-hybridized carbons (Fsp3) is 0.943.